The fraction of sp³-hybridized carbons (Fsp3) is 0.333. The molecular weight excluding hydrogens is 206 g/mol. The van der Waals surface area contributed by atoms with Gasteiger partial charge in [-0.1, -0.05) is 19.1 Å². The van der Waals surface area contributed by atoms with Gasteiger partial charge in [-0.25, -0.2) is 0 Å². The number of ketones is 1. The Balaban J connectivity index is 2.34. The van der Waals surface area contributed by atoms with Gasteiger partial charge in [0.15, 0.2) is 0 Å². The molecule has 1 aliphatic heterocycles. The number of benzene rings is 1. The summed E-state index contributed by atoms with van der Waals surface area (Å²) in [5.74, 6) is -0.995. The summed E-state index contributed by atoms with van der Waals surface area (Å²) in [6.45, 7) is 2.21. The molecule has 0 spiro atoms. The van der Waals surface area contributed by atoms with Crippen molar-refractivity contribution in [2.75, 3.05) is 18.1 Å². The van der Waals surface area contributed by atoms with Crippen LogP contribution in [0.1, 0.15) is 17.3 Å². The van der Waals surface area contributed by atoms with Crippen LogP contribution in [-0.2, 0) is 4.79 Å². The van der Waals surface area contributed by atoms with Gasteiger partial charge < -0.3 is 10.0 Å². The Morgan fingerprint density at radius 3 is 2.69 bits per heavy atom. The molecule has 4 nitrogen and oxygen atoms in total. The molecule has 1 unspecified atom stereocenters. The number of amides is 1. The molecule has 4 heteroatoms. The van der Waals surface area contributed by atoms with Gasteiger partial charge in [0.05, 0.1) is 11.3 Å². The second-order valence-electron chi connectivity index (χ2n) is 4.05. The maximum atomic E-state index is 11.7. The number of fused-ring (bicyclic) bond motifs is 1. The molecule has 16 heavy (non-hydrogen) atoms. The number of hydrogen-bond acceptors (Lipinski definition) is 3. The molecule has 1 N–H and O–H groups in total. The van der Waals surface area contributed by atoms with Crippen LogP contribution in [0.5, 0.6) is 0 Å². The Hall–Kier alpha value is -1.68. The summed E-state index contributed by atoms with van der Waals surface area (Å²) in [4.78, 5) is 24.8. The summed E-state index contributed by atoms with van der Waals surface area (Å²) in [6, 6.07) is 6.94. The van der Waals surface area contributed by atoms with E-state index in [9.17, 15) is 9.59 Å². The third kappa shape index (κ3) is 1.61. The molecule has 1 aromatic rings. The van der Waals surface area contributed by atoms with E-state index in [2.05, 4.69) is 0 Å². The summed E-state index contributed by atoms with van der Waals surface area (Å²) in [7, 11) is 0. The van der Waals surface area contributed by atoms with Gasteiger partial charge in [0, 0.05) is 13.2 Å². The minimum absolute atomic E-state index is 0.000136. The van der Waals surface area contributed by atoms with Crippen LogP contribution in [0.25, 0.3) is 0 Å². The molecule has 1 atom stereocenters. The molecule has 2 rings (SSSR count). The molecule has 0 bridgehead atoms. The molecule has 1 amide bonds. The van der Waals surface area contributed by atoms with Gasteiger partial charge in [-0.05, 0) is 18.1 Å². The summed E-state index contributed by atoms with van der Waals surface area (Å²) in [6.07, 6.45) is 0. The third-order valence-electron chi connectivity index (χ3n) is 2.68. The number of rotatable bonds is 3. The highest BCUT2D eigenvalue weighted by Gasteiger charge is 2.35. The van der Waals surface area contributed by atoms with Gasteiger partial charge in [0.1, 0.15) is 0 Å². The number of carbonyl (C=O) groups is 2. The number of aliphatic hydroxyl groups is 1. The van der Waals surface area contributed by atoms with Crippen LogP contribution in [0.4, 0.5) is 5.69 Å². The van der Waals surface area contributed by atoms with Crippen LogP contribution >= 0.6 is 0 Å². The Morgan fingerprint density at radius 2 is 2.00 bits per heavy atom. The minimum Gasteiger partial charge on any atom is -0.396 e. The van der Waals surface area contributed by atoms with Gasteiger partial charge in [-0.15, -0.1) is 0 Å². The van der Waals surface area contributed by atoms with Crippen molar-refractivity contribution in [2.24, 2.45) is 5.92 Å². The van der Waals surface area contributed by atoms with E-state index in [-0.39, 0.29) is 12.5 Å². The number of carbonyl (C=O) groups excluding carboxylic acids is 2. The molecule has 0 saturated heterocycles. The monoisotopic (exact) mass is 219 g/mol. The van der Waals surface area contributed by atoms with E-state index in [1.165, 1.54) is 4.90 Å². The smallest absolute Gasteiger partial charge is 0.299 e. The highest BCUT2D eigenvalue weighted by atomic mass is 16.3. The highest BCUT2D eigenvalue weighted by Crippen LogP contribution is 2.28. The van der Waals surface area contributed by atoms with Crippen molar-refractivity contribution in [3.05, 3.63) is 29.8 Å². The van der Waals surface area contributed by atoms with Crippen molar-refractivity contribution < 1.29 is 14.7 Å². The van der Waals surface area contributed by atoms with E-state index in [1.807, 2.05) is 6.92 Å². The molecular formula is C12H13NO3. The third-order valence-corrected chi connectivity index (χ3v) is 2.68. The van der Waals surface area contributed by atoms with Gasteiger partial charge in [-0.3, -0.25) is 9.59 Å². The van der Waals surface area contributed by atoms with Crippen molar-refractivity contribution in [1.29, 1.82) is 0 Å². The Bertz CT molecular complexity index is 442. The summed E-state index contributed by atoms with van der Waals surface area (Å²) >= 11 is 0. The molecule has 0 fully saturated rings. The first kappa shape index (κ1) is 10.8. The lowest BCUT2D eigenvalue weighted by molar-refractivity contribution is -0.114. The van der Waals surface area contributed by atoms with Crippen molar-refractivity contribution >= 4 is 17.4 Å². The normalized spacial score (nSPS) is 16.5. The average molecular weight is 219 g/mol. The van der Waals surface area contributed by atoms with Crippen LogP contribution in [0.3, 0.4) is 0 Å². The van der Waals surface area contributed by atoms with Gasteiger partial charge in [0.25, 0.3) is 11.7 Å². The van der Waals surface area contributed by atoms with Gasteiger partial charge in [-0.2, -0.15) is 0 Å². The molecule has 0 aromatic heterocycles. The van der Waals surface area contributed by atoms with E-state index in [1.54, 1.807) is 24.3 Å². The average Bonchev–Trinajstić information content (AvgIpc) is 2.55. The van der Waals surface area contributed by atoms with Crippen molar-refractivity contribution in [1.82, 2.24) is 0 Å². The van der Waals surface area contributed by atoms with Gasteiger partial charge >= 0.3 is 0 Å². The van der Waals surface area contributed by atoms with E-state index in [4.69, 9.17) is 5.11 Å². The standard InChI is InChI=1S/C12H13NO3/c1-8(7-14)6-13-10-5-3-2-4-9(10)11(15)12(13)16/h2-5,8,14H,6-7H2,1H3. The van der Waals surface area contributed by atoms with E-state index < -0.39 is 11.7 Å². The van der Waals surface area contributed by atoms with Gasteiger partial charge in [0.2, 0.25) is 0 Å². The number of Topliss-reactive ketones (excluding diaryl/α,β-unsaturated/α-hetero) is 1. The van der Waals surface area contributed by atoms with E-state index in [0.29, 0.717) is 17.8 Å². The van der Waals surface area contributed by atoms with Crippen LogP contribution in [0.2, 0.25) is 0 Å². The second-order valence-corrected chi connectivity index (χ2v) is 4.05. The number of aliphatic hydroxyl groups excluding tert-OH is 1. The quantitative estimate of drug-likeness (QED) is 0.766. The maximum absolute atomic E-state index is 11.7. The van der Waals surface area contributed by atoms with Crippen molar-refractivity contribution in [3.63, 3.8) is 0 Å². The Labute approximate surface area is 93.5 Å². The number of anilines is 1. The number of nitrogens with zero attached hydrogens (tertiary/aromatic N) is 1. The topological polar surface area (TPSA) is 57.6 Å². The first-order valence-corrected chi connectivity index (χ1v) is 5.21. The summed E-state index contributed by atoms with van der Waals surface area (Å²) < 4.78 is 0. The zero-order chi connectivity index (χ0) is 11.7. The first-order valence-electron chi connectivity index (χ1n) is 5.21. The predicted octanol–water partition coefficient (Wildman–Crippen LogP) is 0.844. The maximum Gasteiger partial charge on any atom is 0.299 e. The van der Waals surface area contributed by atoms with Crippen LogP contribution in [0.15, 0.2) is 24.3 Å². The first-order chi connectivity index (χ1) is 7.65. The number of para-hydroxylation sites is 1. The zero-order valence-corrected chi connectivity index (χ0v) is 9.01. The Kier molecular flexibility index (Phi) is 2.75. The fourth-order valence-corrected chi connectivity index (χ4v) is 1.80. The highest BCUT2D eigenvalue weighted by molar-refractivity contribution is 6.52. The molecule has 1 heterocycles. The van der Waals surface area contributed by atoms with E-state index in [0.717, 1.165) is 0 Å². The fourth-order valence-electron chi connectivity index (χ4n) is 1.80. The van der Waals surface area contributed by atoms with Crippen molar-refractivity contribution in [3.8, 4) is 0 Å². The summed E-state index contributed by atoms with van der Waals surface area (Å²) in [5.41, 5.74) is 1.11. The van der Waals surface area contributed by atoms with Crippen LogP contribution < -0.4 is 4.90 Å². The molecule has 0 saturated carbocycles. The lowest BCUT2D eigenvalue weighted by Crippen LogP contribution is -2.34. The predicted molar refractivity (Wildman–Crippen MR) is 59.4 cm³/mol. The lowest BCUT2D eigenvalue weighted by atomic mass is 10.1. The minimum atomic E-state index is -0.499. The van der Waals surface area contributed by atoms with Crippen molar-refractivity contribution in [2.45, 2.75) is 6.92 Å². The molecule has 0 aliphatic carbocycles. The molecule has 0 radical (unpaired) electrons. The zero-order valence-electron chi connectivity index (χ0n) is 9.01. The van der Waals surface area contributed by atoms with Crippen LogP contribution in [-0.4, -0.2) is 29.9 Å². The number of hydrogen-bond donors (Lipinski definition) is 1. The summed E-state index contributed by atoms with van der Waals surface area (Å²) in [5, 5.41) is 8.97. The Morgan fingerprint density at radius 1 is 1.31 bits per heavy atom. The van der Waals surface area contributed by atoms with E-state index >= 15 is 0 Å². The second kappa shape index (κ2) is 4.06. The lowest BCUT2D eigenvalue weighted by Gasteiger charge is -2.19. The molecule has 1 aromatic carbocycles. The van der Waals surface area contributed by atoms with Crippen LogP contribution in [0, 0.1) is 5.92 Å². The largest absolute Gasteiger partial charge is 0.396 e. The molecule has 1 aliphatic rings. The SMILES string of the molecule is CC(CO)CN1C(=O)C(=O)c2ccccc21. The molecule has 84 valence electrons.